The Morgan fingerprint density at radius 2 is 2.06 bits per heavy atom. The van der Waals surface area contributed by atoms with Crippen molar-refractivity contribution in [3.8, 4) is 28.8 Å². The first kappa shape index (κ1) is 22.6. The Morgan fingerprint density at radius 3 is 2.86 bits per heavy atom. The zero-order chi connectivity index (χ0) is 24.4. The molecule has 2 aromatic heterocycles. The minimum atomic E-state index is -0.335. The van der Waals surface area contributed by atoms with E-state index in [1.165, 1.54) is 0 Å². The van der Waals surface area contributed by atoms with E-state index >= 15 is 0 Å². The summed E-state index contributed by atoms with van der Waals surface area (Å²) in [4.78, 5) is 23.6. The van der Waals surface area contributed by atoms with Crippen molar-refractivity contribution in [2.24, 2.45) is 0 Å². The van der Waals surface area contributed by atoms with Gasteiger partial charge in [0.05, 0.1) is 23.4 Å². The smallest absolute Gasteiger partial charge is 0.299 e. The Balaban J connectivity index is 1.43. The van der Waals surface area contributed by atoms with Gasteiger partial charge in [0.2, 0.25) is 0 Å². The van der Waals surface area contributed by atoms with Gasteiger partial charge in [-0.1, -0.05) is 42.3 Å². The molecule has 3 heterocycles. The van der Waals surface area contributed by atoms with Gasteiger partial charge in [0.15, 0.2) is 11.6 Å². The lowest BCUT2D eigenvalue weighted by Crippen LogP contribution is -2.30. The second-order valence-corrected chi connectivity index (χ2v) is 8.55. The molecule has 0 spiro atoms. The summed E-state index contributed by atoms with van der Waals surface area (Å²) in [5.41, 5.74) is 4.07. The number of benzene rings is 2. The van der Waals surface area contributed by atoms with Crippen LogP contribution in [0.5, 0.6) is 5.75 Å². The van der Waals surface area contributed by atoms with Crippen molar-refractivity contribution in [3.05, 3.63) is 83.8 Å². The summed E-state index contributed by atoms with van der Waals surface area (Å²) in [5.74, 6) is 5.92. The lowest BCUT2D eigenvalue weighted by atomic mass is 10.1. The number of imidazole rings is 1. The maximum atomic E-state index is 14.2. The van der Waals surface area contributed by atoms with Crippen molar-refractivity contribution in [2.45, 2.75) is 39.3 Å². The monoisotopic (exact) mass is 468 g/mol. The summed E-state index contributed by atoms with van der Waals surface area (Å²) in [6.45, 7) is 4.32. The van der Waals surface area contributed by atoms with Crippen LogP contribution < -0.4 is 4.74 Å². The van der Waals surface area contributed by atoms with Gasteiger partial charge in [-0.3, -0.25) is 14.2 Å². The van der Waals surface area contributed by atoms with E-state index in [1.807, 2.05) is 34.9 Å². The van der Waals surface area contributed by atoms with Crippen molar-refractivity contribution >= 4 is 11.4 Å². The molecule has 1 aliphatic rings. The van der Waals surface area contributed by atoms with Crippen LogP contribution in [0.2, 0.25) is 0 Å². The molecule has 7 heteroatoms. The van der Waals surface area contributed by atoms with Crippen molar-refractivity contribution < 1.29 is 13.9 Å². The first-order valence-electron chi connectivity index (χ1n) is 11.6. The van der Waals surface area contributed by atoms with Gasteiger partial charge in [0.1, 0.15) is 12.4 Å². The number of carbonyl (C=O) groups is 1. The number of likely N-dealkylation sites (tertiary alicyclic amines) is 1. The van der Waals surface area contributed by atoms with Crippen LogP contribution in [0.4, 0.5) is 4.39 Å². The molecule has 1 amide bonds. The largest absolute Gasteiger partial charge is 0.486 e. The standard InChI is InChI=1S/C28H25FN4O2/c1-3-6-25(34)32-15-5-8-22(32)28-31-27(23-17-30-14-16-33(23)28)21-12-10-20(11-13-21)18-35-24-9-4-7-19(2)26(24)29/h4,7,9-14,16-17,22H,5,8,15,18H2,1-2H3/t22-/m0/s1. The van der Waals surface area contributed by atoms with Crippen LogP contribution >= 0.6 is 0 Å². The fraction of sp³-hybridized carbons (Fsp3) is 0.250. The van der Waals surface area contributed by atoms with Crippen LogP contribution in [-0.2, 0) is 11.4 Å². The minimum Gasteiger partial charge on any atom is -0.486 e. The number of aromatic nitrogens is 3. The summed E-state index contributed by atoms with van der Waals surface area (Å²) in [6, 6.07) is 12.8. The number of aryl methyl sites for hydroxylation is 1. The molecule has 176 valence electrons. The second kappa shape index (κ2) is 9.59. The summed E-state index contributed by atoms with van der Waals surface area (Å²) >= 11 is 0. The highest BCUT2D eigenvalue weighted by Gasteiger charge is 2.33. The third-order valence-electron chi connectivity index (χ3n) is 6.30. The molecule has 5 rings (SSSR count). The number of halogens is 1. The van der Waals surface area contributed by atoms with Gasteiger partial charge in [-0.2, -0.15) is 0 Å². The maximum Gasteiger partial charge on any atom is 0.299 e. The first-order valence-corrected chi connectivity index (χ1v) is 11.6. The van der Waals surface area contributed by atoms with Crippen molar-refractivity contribution in [3.63, 3.8) is 0 Å². The molecular weight excluding hydrogens is 443 g/mol. The van der Waals surface area contributed by atoms with Gasteiger partial charge in [0, 0.05) is 24.5 Å². The SMILES string of the molecule is CC#CC(=O)N1CCC[C@H]1c1nc(-c2ccc(COc3cccc(C)c3F)cc2)c2cnccn12. The molecular formula is C28H25FN4O2. The zero-order valence-electron chi connectivity index (χ0n) is 19.7. The van der Waals surface area contributed by atoms with Gasteiger partial charge in [0.25, 0.3) is 5.91 Å². The molecule has 35 heavy (non-hydrogen) atoms. The van der Waals surface area contributed by atoms with Crippen LogP contribution in [0.15, 0.2) is 61.1 Å². The summed E-state index contributed by atoms with van der Waals surface area (Å²) in [6.07, 6.45) is 7.14. The Hall–Kier alpha value is -4.18. The highest BCUT2D eigenvalue weighted by Crippen LogP contribution is 2.35. The maximum absolute atomic E-state index is 14.2. The topological polar surface area (TPSA) is 59.7 Å². The molecule has 0 saturated carbocycles. The van der Waals surface area contributed by atoms with Gasteiger partial charge in [-0.05, 0) is 49.8 Å². The van der Waals surface area contributed by atoms with Crippen LogP contribution in [0.1, 0.15) is 42.8 Å². The molecule has 6 nitrogen and oxygen atoms in total. The minimum absolute atomic E-state index is 0.135. The van der Waals surface area contributed by atoms with Crippen molar-refractivity contribution in [2.75, 3.05) is 6.54 Å². The normalized spacial score (nSPS) is 15.2. The van der Waals surface area contributed by atoms with Gasteiger partial charge in [-0.15, -0.1) is 0 Å². The van der Waals surface area contributed by atoms with E-state index in [2.05, 4.69) is 16.8 Å². The van der Waals surface area contributed by atoms with Crippen LogP contribution in [-0.4, -0.2) is 31.7 Å². The number of ether oxygens (including phenoxy) is 1. The number of carbonyl (C=O) groups excluding carboxylic acids is 1. The molecule has 0 aliphatic carbocycles. The lowest BCUT2D eigenvalue weighted by Gasteiger charge is -2.21. The van der Waals surface area contributed by atoms with E-state index in [0.717, 1.165) is 41.0 Å². The molecule has 0 bridgehead atoms. The number of nitrogens with zero attached hydrogens (tertiary/aromatic N) is 4. The van der Waals surface area contributed by atoms with Gasteiger partial charge < -0.3 is 9.64 Å². The Morgan fingerprint density at radius 1 is 1.23 bits per heavy atom. The third kappa shape index (κ3) is 4.35. The van der Waals surface area contributed by atoms with Gasteiger partial charge in [-0.25, -0.2) is 9.37 Å². The Kier molecular flexibility index (Phi) is 6.19. The molecule has 1 aliphatic heterocycles. The predicted octanol–water partition coefficient (Wildman–Crippen LogP) is 5.11. The first-order chi connectivity index (χ1) is 17.1. The van der Waals surface area contributed by atoms with E-state index in [9.17, 15) is 9.18 Å². The number of rotatable bonds is 5. The average molecular weight is 469 g/mol. The number of amides is 1. The molecule has 0 radical (unpaired) electrons. The lowest BCUT2D eigenvalue weighted by molar-refractivity contribution is -0.126. The highest BCUT2D eigenvalue weighted by molar-refractivity contribution is 5.94. The molecule has 1 fully saturated rings. The van der Waals surface area contributed by atoms with Crippen LogP contribution in [0, 0.1) is 24.6 Å². The summed E-state index contributed by atoms with van der Waals surface area (Å²) in [7, 11) is 0. The highest BCUT2D eigenvalue weighted by atomic mass is 19.1. The fourth-order valence-electron chi connectivity index (χ4n) is 4.52. The quantitative estimate of drug-likeness (QED) is 0.382. The van der Waals surface area contributed by atoms with Crippen molar-refractivity contribution in [1.82, 2.24) is 19.3 Å². The van der Waals surface area contributed by atoms with E-state index in [0.29, 0.717) is 12.1 Å². The van der Waals surface area contributed by atoms with E-state index in [4.69, 9.17) is 9.72 Å². The Bertz CT molecular complexity index is 1450. The Labute approximate surface area is 203 Å². The molecule has 0 N–H and O–H groups in total. The third-order valence-corrected chi connectivity index (χ3v) is 6.30. The fourth-order valence-corrected chi connectivity index (χ4v) is 4.52. The molecule has 4 aromatic rings. The molecule has 1 saturated heterocycles. The summed E-state index contributed by atoms with van der Waals surface area (Å²) in [5, 5.41) is 0. The number of hydrogen-bond donors (Lipinski definition) is 0. The molecule has 0 unspecified atom stereocenters. The summed E-state index contributed by atoms with van der Waals surface area (Å²) < 4.78 is 21.9. The van der Waals surface area contributed by atoms with Crippen LogP contribution in [0.3, 0.4) is 0 Å². The predicted molar refractivity (Wildman–Crippen MR) is 131 cm³/mol. The van der Waals surface area contributed by atoms with E-state index in [-0.39, 0.29) is 30.1 Å². The zero-order valence-corrected chi connectivity index (χ0v) is 19.7. The molecule has 1 atom stereocenters. The van der Waals surface area contributed by atoms with E-state index in [1.54, 1.807) is 49.3 Å². The van der Waals surface area contributed by atoms with Crippen molar-refractivity contribution in [1.29, 1.82) is 0 Å². The van der Waals surface area contributed by atoms with Crippen LogP contribution in [0.25, 0.3) is 16.8 Å². The number of fused-ring (bicyclic) bond motifs is 1. The average Bonchev–Trinajstić information content (AvgIpc) is 3.51. The second-order valence-electron chi connectivity index (χ2n) is 8.55. The van der Waals surface area contributed by atoms with Gasteiger partial charge >= 0.3 is 0 Å². The number of hydrogen-bond acceptors (Lipinski definition) is 4. The molecule has 2 aromatic carbocycles. The van der Waals surface area contributed by atoms with E-state index < -0.39 is 0 Å².